The van der Waals surface area contributed by atoms with Gasteiger partial charge >= 0.3 is 5.97 Å². The molecule has 0 aliphatic carbocycles. The van der Waals surface area contributed by atoms with Gasteiger partial charge in [-0.3, -0.25) is 4.98 Å². The lowest BCUT2D eigenvalue weighted by atomic mass is 10.1. The van der Waals surface area contributed by atoms with E-state index < -0.39 is 5.97 Å². The highest BCUT2D eigenvalue weighted by Gasteiger charge is 2.15. The molecule has 1 aromatic heterocycles. The van der Waals surface area contributed by atoms with Crippen LogP contribution in [0.2, 0.25) is 0 Å². The average molecular weight is 308 g/mol. The van der Waals surface area contributed by atoms with Gasteiger partial charge in [0.2, 0.25) is 0 Å². The van der Waals surface area contributed by atoms with Crippen LogP contribution in [0.15, 0.2) is 54.7 Å². The van der Waals surface area contributed by atoms with Gasteiger partial charge in [-0.15, -0.1) is 0 Å². The van der Waals surface area contributed by atoms with Crippen LogP contribution in [0.1, 0.15) is 21.5 Å². The van der Waals surface area contributed by atoms with Crippen LogP contribution in [-0.4, -0.2) is 21.2 Å². The van der Waals surface area contributed by atoms with Gasteiger partial charge in [0.15, 0.2) is 0 Å². The number of fused-ring (bicyclic) bond motifs is 1. The number of aromatic carboxylic acids is 1. The number of pyridine rings is 1. The number of carbonyl (C=O) groups is 1. The summed E-state index contributed by atoms with van der Waals surface area (Å²) in [7, 11) is 0. The lowest BCUT2D eigenvalue weighted by Gasteiger charge is -2.14. The van der Waals surface area contributed by atoms with Gasteiger partial charge in [-0.25, -0.2) is 4.79 Å². The summed E-state index contributed by atoms with van der Waals surface area (Å²) in [5.41, 5.74) is 2.95. The molecular formula is C18H16N2O3. The quantitative estimate of drug-likeness (QED) is 0.675. The standard InChI is InChI=1S/C18H16N2O3/c21-11-13-7-4-8-14-16(13)20-10-15(18(22)23)17(14)19-9-12-5-2-1-3-6-12/h1-8,10,21H,9,11H2,(H,19,20)(H,22,23). The van der Waals surface area contributed by atoms with Gasteiger partial charge in [0.1, 0.15) is 5.56 Å². The first-order chi connectivity index (χ1) is 11.2. The molecule has 3 N–H and O–H groups in total. The van der Waals surface area contributed by atoms with E-state index in [4.69, 9.17) is 0 Å². The molecule has 23 heavy (non-hydrogen) atoms. The van der Waals surface area contributed by atoms with Gasteiger partial charge in [-0.1, -0.05) is 48.5 Å². The molecule has 0 aliphatic rings. The lowest BCUT2D eigenvalue weighted by molar-refractivity contribution is 0.0697. The Morgan fingerprint density at radius 3 is 2.57 bits per heavy atom. The molecule has 0 aliphatic heterocycles. The minimum atomic E-state index is -1.04. The van der Waals surface area contributed by atoms with Gasteiger partial charge < -0.3 is 15.5 Å². The van der Waals surface area contributed by atoms with Crippen molar-refractivity contribution in [1.29, 1.82) is 0 Å². The smallest absolute Gasteiger partial charge is 0.339 e. The summed E-state index contributed by atoms with van der Waals surface area (Å²) in [6.45, 7) is 0.360. The second-order valence-corrected chi connectivity index (χ2v) is 5.16. The average Bonchev–Trinajstić information content (AvgIpc) is 2.59. The van der Waals surface area contributed by atoms with Crippen molar-refractivity contribution in [3.8, 4) is 0 Å². The van der Waals surface area contributed by atoms with Crippen LogP contribution in [0.5, 0.6) is 0 Å². The molecule has 0 atom stereocenters. The number of aromatic nitrogens is 1. The van der Waals surface area contributed by atoms with Crippen LogP contribution in [0, 0.1) is 0 Å². The number of aliphatic hydroxyl groups excluding tert-OH is 1. The molecule has 0 saturated carbocycles. The number of hydrogen-bond donors (Lipinski definition) is 3. The number of aliphatic hydroxyl groups is 1. The normalized spacial score (nSPS) is 10.7. The predicted molar refractivity (Wildman–Crippen MR) is 88.4 cm³/mol. The molecule has 0 amide bonds. The molecule has 0 spiro atoms. The summed E-state index contributed by atoms with van der Waals surface area (Å²) < 4.78 is 0. The first-order valence-electron chi connectivity index (χ1n) is 7.23. The zero-order valence-corrected chi connectivity index (χ0v) is 12.4. The van der Waals surface area contributed by atoms with E-state index in [9.17, 15) is 15.0 Å². The molecular weight excluding hydrogens is 292 g/mol. The number of anilines is 1. The fraction of sp³-hybridized carbons (Fsp3) is 0.111. The minimum Gasteiger partial charge on any atom is -0.478 e. The fourth-order valence-corrected chi connectivity index (χ4v) is 2.55. The predicted octanol–water partition coefficient (Wildman–Crippen LogP) is 3.04. The summed E-state index contributed by atoms with van der Waals surface area (Å²) in [6, 6.07) is 15.1. The van der Waals surface area contributed by atoms with Crippen LogP contribution >= 0.6 is 0 Å². The summed E-state index contributed by atoms with van der Waals surface area (Å²) >= 11 is 0. The van der Waals surface area contributed by atoms with E-state index in [0.29, 0.717) is 28.7 Å². The Balaban J connectivity index is 2.08. The number of benzene rings is 2. The largest absolute Gasteiger partial charge is 0.478 e. The maximum Gasteiger partial charge on any atom is 0.339 e. The van der Waals surface area contributed by atoms with Gasteiger partial charge in [-0.2, -0.15) is 0 Å². The number of nitrogens with zero attached hydrogens (tertiary/aromatic N) is 1. The van der Waals surface area contributed by atoms with E-state index in [1.807, 2.05) is 30.3 Å². The summed E-state index contributed by atoms with van der Waals surface area (Å²) in [5, 5.41) is 22.7. The van der Waals surface area contributed by atoms with Crippen molar-refractivity contribution in [3.05, 3.63) is 71.4 Å². The first-order valence-corrected chi connectivity index (χ1v) is 7.23. The van der Waals surface area contributed by atoms with Crippen molar-refractivity contribution >= 4 is 22.6 Å². The monoisotopic (exact) mass is 308 g/mol. The van der Waals surface area contributed by atoms with Crippen LogP contribution < -0.4 is 5.32 Å². The van der Waals surface area contributed by atoms with Crippen molar-refractivity contribution in [2.24, 2.45) is 0 Å². The number of nitrogens with one attached hydrogen (secondary N) is 1. The first kappa shape index (κ1) is 15.0. The Morgan fingerprint density at radius 1 is 1.09 bits per heavy atom. The highest BCUT2D eigenvalue weighted by Crippen LogP contribution is 2.28. The Bertz CT molecular complexity index is 848. The van der Waals surface area contributed by atoms with Gasteiger partial charge in [0, 0.05) is 23.7 Å². The van der Waals surface area contributed by atoms with Crippen molar-refractivity contribution < 1.29 is 15.0 Å². The SMILES string of the molecule is O=C(O)c1cnc2c(CO)cccc2c1NCc1ccccc1. The molecule has 116 valence electrons. The Hall–Kier alpha value is -2.92. The summed E-state index contributed by atoms with van der Waals surface area (Å²) in [4.78, 5) is 15.7. The number of hydrogen-bond acceptors (Lipinski definition) is 4. The number of carboxylic acids is 1. The zero-order chi connectivity index (χ0) is 16.2. The third-order valence-electron chi connectivity index (χ3n) is 3.69. The molecule has 1 heterocycles. The van der Waals surface area contributed by atoms with Crippen molar-refractivity contribution in [2.45, 2.75) is 13.2 Å². The summed E-state index contributed by atoms with van der Waals surface area (Å²) in [6.07, 6.45) is 1.33. The number of carboxylic acid groups (broad SMARTS) is 1. The number of para-hydroxylation sites is 1. The number of rotatable bonds is 5. The van der Waals surface area contributed by atoms with Crippen LogP contribution in [-0.2, 0) is 13.2 Å². The van der Waals surface area contributed by atoms with Crippen LogP contribution in [0.25, 0.3) is 10.9 Å². The molecule has 3 aromatic rings. The van der Waals surface area contributed by atoms with Gasteiger partial charge in [0.05, 0.1) is 17.8 Å². The van der Waals surface area contributed by atoms with E-state index in [1.165, 1.54) is 6.20 Å². The van der Waals surface area contributed by atoms with E-state index in [1.54, 1.807) is 18.2 Å². The van der Waals surface area contributed by atoms with Gasteiger partial charge in [0.25, 0.3) is 0 Å². The van der Waals surface area contributed by atoms with E-state index in [2.05, 4.69) is 10.3 Å². The van der Waals surface area contributed by atoms with Crippen molar-refractivity contribution in [2.75, 3.05) is 5.32 Å². The zero-order valence-electron chi connectivity index (χ0n) is 12.4. The van der Waals surface area contributed by atoms with Crippen LogP contribution in [0.3, 0.4) is 0 Å². The molecule has 0 fully saturated rings. The third kappa shape index (κ3) is 3.00. The molecule has 5 nitrogen and oxygen atoms in total. The van der Waals surface area contributed by atoms with Crippen LogP contribution in [0.4, 0.5) is 5.69 Å². The Labute approximate surface area is 133 Å². The molecule has 0 bridgehead atoms. The molecule has 0 saturated heterocycles. The van der Waals surface area contributed by atoms with E-state index in [0.717, 1.165) is 5.56 Å². The fourth-order valence-electron chi connectivity index (χ4n) is 2.55. The van der Waals surface area contributed by atoms with Crippen molar-refractivity contribution in [1.82, 2.24) is 4.98 Å². The Morgan fingerprint density at radius 2 is 1.87 bits per heavy atom. The lowest BCUT2D eigenvalue weighted by Crippen LogP contribution is -2.08. The topological polar surface area (TPSA) is 82.5 Å². The Kier molecular flexibility index (Phi) is 4.21. The molecule has 2 aromatic carbocycles. The molecule has 0 unspecified atom stereocenters. The van der Waals surface area contributed by atoms with Gasteiger partial charge in [-0.05, 0) is 5.56 Å². The van der Waals surface area contributed by atoms with Crippen molar-refractivity contribution in [3.63, 3.8) is 0 Å². The summed E-state index contributed by atoms with van der Waals surface area (Å²) in [5.74, 6) is -1.04. The second-order valence-electron chi connectivity index (χ2n) is 5.16. The highest BCUT2D eigenvalue weighted by atomic mass is 16.4. The second kappa shape index (κ2) is 6.46. The maximum absolute atomic E-state index is 11.5. The van der Waals surface area contributed by atoms with E-state index >= 15 is 0 Å². The molecule has 3 rings (SSSR count). The van der Waals surface area contributed by atoms with E-state index in [-0.39, 0.29) is 12.2 Å². The molecule has 5 heteroatoms. The third-order valence-corrected chi connectivity index (χ3v) is 3.69. The highest BCUT2D eigenvalue weighted by molar-refractivity contribution is 6.04. The minimum absolute atomic E-state index is 0.114. The maximum atomic E-state index is 11.5. The molecule has 0 radical (unpaired) electrons.